The first-order valence-corrected chi connectivity index (χ1v) is 10.8. The van der Waals surface area contributed by atoms with Crippen LogP contribution in [0.15, 0.2) is 42.5 Å². The third kappa shape index (κ3) is 4.75. The van der Waals surface area contributed by atoms with Crippen LogP contribution in [-0.4, -0.2) is 45.2 Å². The maximum atomic E-state index is 14.0. The second-order valence-corrected chi connectivity index (χ2v) is 8.28. The van der Waals surface area contributed by atoms with E-state index in [1.54, 1.807) is 13.2 Å². The van der Waals surface area contributed by atoms with E-state index in [2.05, 4.69) is 15.5 Å². The van der Waals surface area contributed by atoms with Gasteiger partial charge in [0.25, 0.3) is 5.91 Å². The highest BCUT2D eigenvalue weighted by Crippen LogP contribution is 2.26. The van der Waals surface area contributed by atoms with Crippen molar-refractivity contribution in [2.24, 2.45) is 5.92 Å². The topological polar surface area (TPSA) is 53.6 Å². The van der Waals surface area contributed by atoms with Crippen LogP contribution in [0.4, 0.5) is 10.1 Å². The van der Waals surface area contributed by atoms with Gasteiger partial charge >= 0.3 is 0 Å². The van der Waals surface area contributed by atoms with E-state index in [-0.39, 0.29) is 17.8 Å². The molecule has 1 amide bonds. The number of nitrogens with one attached hydrogen (secondary N) is 2. The molecule has 2 fully saturated rings. The van der Waals surface area contributed by atoms with Gasteiger partial charge in [-0.05, 0) is 80.6 Å². The Morgan fingerprint density at radius 2 is 2.00 bits per heavy atom. The molecule has 2 aromatic rings. The maximum Gasteiger partial charge on any atom is 0.251 e. The fourth-order valence-electron chi connectivity index (χ4n) is 4.52. The highest BCUT2D eigenvalue weighted by atomic mass is 19.1. The van der Waals surface area contributed by atoms with E-state index < -0.39 is 0 Å². The molecule has 6 heteroatoms. The first-order valence-electron chi connectivity index (χ1n) is 10.8. The molecular formula is C24H30FN3O2. The van der Waals surface area contributed by atoms with Crippen LogP contribution in [0.2, 0.25) is 0 Å². The molecule has 2 heterocycles. The van der Waals surface area contributed by atoms with Gasteiger partial charge in [0.1, 0.15) is 11.6 Å². The van der Waals surface area contributed by atoms with Crippen molar-refractivity contribution in [2.75, 3.05) is 38.2 Å². The average molecular weight is 412 g/mol. The molecule has 5 nitrogen and oxygen atoms in total. The largest absolute Gasteiger partial charge is 0.496 e. The number of carbonyl (C=O) groups is 1. The van der Waals surface area contributed by atoms with Gasteiger partial charge in [0.15, 0.2) is 0 Å². The standard InChI is InChI=1S/C24H30FN3O2/c1-30-23-7-6-18(15-19(23)14-17-8-11-26-16-17)24(29)27-20-9-12-28(13-10-20)22-5-3-2-4-21(22)25/h2-7,15,17,20,26H,8-14,16H2,1H3,(H,27,29). The first-order chi connectivity index (χ1) is 14.6. The lowest BCUT2D eigenvalue weighted by Crippen LogP contribution is -2.45. The molecule has 2 aromatic carbocycles. The minimum absolute atomic E-state index is 0.0483. The summed E-state index contributed by atoms with van der Waals surface area (Å²) in [5.41, 5.74) is 2.41. The van der Waals surface area contributed by atoms with Crippen molar-refractivity contribution in [1.29, 1.82) is 0 Å². The number of rotatable bonds is 6. The fraction of sp³-hybridized carbons (Fsp3) is 0.458. The zero-order chi connectivity index (χ0) is 20.9. The summed E-state index contributed by atoms with van der Waals surface area (Å²) in [5, 5.41) is 6.56. The van der Waals surface area contributed by atoms with Crippen LogP contribution in [0.1, 0.15) is 35.2 Å². The van der Waals surface area contributed by atoms with Crippen LogP contribution in [0.5, 0.6) is 5.75 Å². The summed E-state index contributed by atoms with van der Waals surface area (Å²) in [6.45, 7) is 3.53. The number of nitrogens with zero attached hydrogens (tertiary/aromatic N) is 1. The lowest BCUT2D eigenvalue weighted by molar-refractivity contribution is 0.0931. The minimum Gasteiger partial charge on any atom is -0.496 e. The number of para-hydroxylation sites is 1. The molecule has 0 aliphatic carbocycles. The number of amides is 1. The predicted octanol–water partition coefficient (Wildman–Crippen LogP) is 3.39. The molecule has 30 heavy (non-hydrogen) atoms. The molecule has 2 aliphatic heterocycles. The Hall–Kier alpha value is -2.60. The Bertz CT molecular complexity index is 875. The number of halogens is 1. The van der Waals surface area contributed by atoms with Crippen molar-refractivity contribution in [3.05, 3.63) is 59.4 Å². The molecule has 4 rings (SSSR count). The van der Waals surface area contributed by atoms with Gasteiger partial charge in [-0.25, -0.2) is 4.39 Å². The Kier molecular flexibility index (Phi) is 6.53. The molecule has 1 atom stereocenters. The van der Waals surface area contributed by atoms with Crippen LogP contribution in [0.3, 0.4) is 0 Å². The first kappa shape index (κ1) is 20.7. The Morgan fingerprint density at radius 3 is 2.70 bits per heavy atom. The van der Waals surface area contributed by atoms with E-state index in [0.717, 1.165) is 63.2 Å². The van der Waals surface area contributed by atoms with Crippen molar-refractivity contribution in [3.8, 4) is 5.75 Å². The highest BCUT2D eigenvalue weighted by molar-refractivity contribution is 5.94. The van der Waals surface area contributed by atoms with Crippen molar-refractivity contribution in [1.82, 2.24) is 10.6 Å². The van der Waals surface area contributed by atoms with Crippen molar-refractivity contribution in [2.45, 2.75) is 31.7 Å². The average Bonchev–Trinajstić information content (AvgIpc) is 3.28. The highest BCUT2D eigenvalue weighted by Gasteiger charge is 2.23. The third-order valence-electron chi connectivity index (χ3n) is 6.24. The van der Waals surface area contributed by atoms with Crippen LogP contribution >= 0.6 is 0 Å². The van der Waals surface area contributed by atoms with Crippen LogP contribution in [0.25, 0.3) is 0 Å². The number of benzene rings is 2. The number of methoxy groups -OCH3 is 1. The molecular weight excluding hydrogens is 381 g/mol. The van der Waals surface area contributed by atoms with Gasteiger partial charge < -0.3 is 20.3 Å². The lowest BCUT2D eigenvalue weighted by Gasteiger charge is -2.34. The van der Waals surface area contributed by atoms with E-state index in [1.807, 2.05) is 30.3 Å². The molecule has 0 saturated carbocycles. The summed E-state index contributed by atoms with van der Waals surface area (Å²) in [5.74, 6) is 1.19. The van der Waals surface area contributed by atoms with Gasteiger partial charge in [-0.3, -0.25) is 4.79 Å². The summed E-state index contributed by atoms with van der Waals surface area (Å²) < 4.78 is 19.5. The molecule has 0 bridgehead atoms. The molecule has 1 unspecified atom stereocenters. The number of anilines is 1. The number of carbonyl (C=O) groups excluding carboxylic acids is 1. The van der Waals surface area contributed by atoms with Crippen molar-refractivity contribution < 1.29 is 13.9 Å². The number of piperidine rings is 1. The second kappa shape index (κ2) is 9.47. The zero-order valence-corrected chi connectivity index (χ0v) is 17.5. The normalized spacial score (nSPS) is 19.7. The molecule has 2 saturated heterocycles. The Labute approximate surface area is 177 Å². The molecule has 2 aliphatic rings. The van der Waals surface area contributed by atoms with Gasteiger partial charge in [-0.1, -0.05) is 12.1 Å². The Morgan fingerprint density at radius 1 is 1.20 bits per heavy atom. The second-order valence-electron chi connectivity index (χ2n) is 8.28. The van der Waals surface area contributed by atoms with Gasteiger partial charge in [-0.2, -0.15) is 0 Å². The van der Waals surface area contributed by atoms with Gasteiger partial charge in [0, 0.05) is 24.7 Å². The maximum absolute atomic E-state index is 14.0. The van der Waals surface area contributed by atoms with Crippen molar-refractivity contribution >= 4 is 11.6 Å². The molecule has 0 aromatic heterocycles. The number of ether oxygens (including phenoxy) is 1. The summed E-state index contributed by atoms with van der Waals surface area (Å²) >= 11 is 0. The molecule has 0 spiro atoms. The third-order valence-corrected chi connectivity index (χ3v) is 6.24. The van der Waals surface area contributed by atoms with E-state index in [4.69, 9.17) is 4.74 Å². The monoisotopic (exact) mass is 411 g/mol. The fourth-order valence-corrected chi connectivity index (χ4v) is 4.52. The van der Waals surface area contributed by atoms with E-state index >= 15 is 0 Å². The molecule has 160 valence electrons. The minimum atomic E-state index is -0.191. The van der Waals surface area contributed by atoms with Crippen LogP contribution < -0.4 is 20.3 Å². The van der Waals surface area contributed by atoms with Crippen LogP contribution in [0, 0.1) is 11.7 Å². The molecule has 2 N–H and O–H groups in total. The summed E-state index contributed by atoms with van der Waals surface area (Å²) in [6, 6.07) is 12.7. The van der Waals surface area contributed by atoms with Gasteiger partial charge in [0.2, 0.25) is 0 Å². The summed E-state index contributed by atoms with van der Waals surface area (Å²) in [6.07, 6.45) is 3.67. The van der Waals surface area contributed by atoms with Gasteiger partial charge in [-0.15, -0.1) is 0 Å². The zero-order valence-electron chi connectivity index (χ0n) is 17.5. The number of hydrogen-bond acceptors (Lipinski definition) is 4. The smallest absolute Gasteiger partial charge is 0.251 e. The lowest BCUT2D eigenvalue weighted by atomic mass is 9.96. The quantitative estimate of drug-likeness (QED) is 0.765. The predicted molar refractivity (Wildman–Crippen MR) is 117 cm³/mol. The van der Waals surface area contributed by atoms with Crippen LogP contribution in [-0.2, 0) is 6.42 Å². The molecule has 0 radical (unpaired) electrons. The summed E-state index contributed by atoms with van der Waals surface area (Å²) in [7, 11) is 1.68. The van der Waals surface area contributed by atoms with E-state index in [1.165, 1.54) is 6.07 Å². The number of hydrogen-bond donors (Lipinski definition) is 2. The SMILES string of the molecule is COc1ccc(C(=O)NC2CCN(c3ccccc3F)CC2)cc1CC1CCNC1. The van der Waals surface area contributed by atoms with Crippen molar-refractivity contribution in [3.63, 3.8) is 0 Å². The Balaban J connectivity index is 1.36. The van der Waals surface area contributed by atoms with E-state index in [9.17, 15) is 9.18 Å². The van der Waals surface area contributed by atoms with Gasteiger partial charge in [0.05, 0.1) is 12.8 Å². The van der Waals surface area contributed by atoms with E-state index in [0.29, 0.717) is 17.2 Å². The summed E-state index contributed by atoms with van der Waals surface area (Å²) in [4.78, 5) is 14.9.